The Hall–Kier alpha value is -4.74. The number of benzene rings is 2. The zero-order valence-corrected chi connectivity index (χ0v) is 18.4. The Balaban J connectivity index is 1.27. The van der Waals surface area contributed by atoms with Crippen molar-refractivity contribution < 1.29 is 14.1 Å². The molecule has 1 saturated heterocycles. The second kappa shape index (κ2) is 9.25. The lowest BCUT2D eigenvalue weighted by Gasteiger charge is -2.34. The molecule has 0 saturated carbocycles. The van der Waals surface area contributed by atoms with Crippen LogP contribution < -0.4 is 4.90 Å². The molecule has 0 spiro atoms. The molecule has 0 atom stereocenters. The van der Waals surface area contributed by atoms with E-state index in [0.717, 1.165) is 0 Å². The van der Waals surface area contributed by atoms with Crippen molar-refractivity contribution in [3.8, 4) is 5.69 Å². The molecule has 4 aromatic rings. The van der Waals surface area contributed by atoms with Crippen molar-refractivity contribution >= 4 is 34.7 Å². The Morgan fingerprint density at radius 2 is 1.83 bits per heavy atom. The number of hydrogen-bond acceptors (Lipinski definition) is 8. The molecule has 176 valence electrons. The first kappa shape index (κ1) is 22.1. The van der Waals surface area contributed by atoms with E-state index < -0.39 is 4.92 Å². The minimum atomic E-state index is -0.467. The Bertz CT molecular complexity index is 1430. The van der Waals surface area contributed by atoms with Crippen molar-refractivity contribution in [2.75, 3.05) is 31.1 Å². The van der Waals surface area contributed by atoms with Gasteiger partial charge in [0.05, 0.1) is 10.6 Å². The van der Waals surface area contributed by atoms with Gasteiger partial charge < -0.3 is 9.80 Å². The molecule has 11 nitrogen and oxygen atoms in total. The molecule has 1 aliphatic heterocycles. The number of fused-ring (bicyclic) bond motifs is 1. The van der Waals surface area contributed by atoms with Crippen LogP contribution in [0.3, 0.4) is 0 Å². The maximum absolute atomic E-state index is 13.7. The Labute approximate surface area is 198 Å². The monoisotopic (exact) mass is 474 g/mol. The largest absolute Gasteiger partial charge is 0.351 e. The molecular weight excluding hydrogens is 455 g/mol. The molecule has 2 aromatic heterocycles. The van der Waals surface area contributed by atoms with Gasteiger partial charge in [0.15, 0.2) is 17.0 Å². The summed E-state index contributed by atoms with van der Waals surface area (Å²) >= 11 is 0. The summed E-state index contributed by atoms with van der Waals surface area (Å²) < 4.78 is 15.1. The predicted molar refractivity (Wildman–Crippen MR) is 125 cm³/mol. The molecule has 0 N–H and O–H groups in total. The van der Waals surface area contributed by atoms with E-state index in [4.69, 9.17) is 0 Å². The van der Waals surface area contributed by atoms with Gasteiger partial charge in [-0.15, -0.1) is 5.10 Å². The molecule has 3 heterocycles. The Morgan fingerprint density at radius 1 is 1.06 bits per heavy atom. The Morgan fingerprint density at radius 3 is 2.54 bits per heavy atom. The number of carbonyl (C=O) groups excluding carboxylic acids is 1. The van der Waals surface area contributed by atoms with Gasteiger partial charge in [-0.3, -0.25) is 14.9 Å². The summed E-state index contributed by atoms with van der Waals surface area (Å²) in [4.78, 5) is 35.3. The first-order valence-electron chi connectivity index (χ1n) is 10.8. The normalized spacial score (nSPS) is 14.1. The van der Waals surface area contributed by atoms with Crippen molar-refractivity contribution in [2.24, 2.45) is 0 Å². The smallest absolute Gasteiger partial charge is 0.269 e. The van der Waals surface area contributed by atoms with Crippen LogP contribution in [0, 0.1) is 15.9 Å². The first-order valence-corrected chi connectivity index (χ1v) is 10.8. The van der Waals surface area contributed by atoms with Crippen molar-refractivity contribution in [3.05, 3.63) is 82.4 Å². The molecule has 12 heteroatoms. The minimum absolute atomic E-state index is 0.000562. The van der Waals surface area contributed by atoms with Gasteiger partial charge in [0.1, 0.15) is 12.1 Å². The zero-order chi connectivity index (χ0) is 24.4. The highest BCUT2D eigenvalue weighted by molar-refractivity contribution is 5.92. The lowest BCUT2D eigenvalue weighted by atomic mass is 10.2. The van der Waals surface area contributed by atoms with Gasteiger partial charge in [0, 0.05) is 44.4 Å². The Kier molecular flexibility index (Phi) is 5.83. The molecule has 1 aliphatic rings. The van der Waals surface area contributed by atoms with Crippen LogP contribution in [-0.2, 0) is 4.79 Å². The first-order chi connectivity index (χ1) is 17.0. The second-order valence-corrected chi connectivity index (χ2v) is 7.84. The van der Waals surface area contributed by atoms with Crippen LogP contribution in [0.1, 0.15) is 5.56 Å². The molecule has 0 unspecified atom stereocenters. The number of nitrogens with zero attached hydrogens (tertiary/aromatic N) is 8. The lowest BCUT2D eigenvalue weighted by molar-refractivity contribution is -0.384. The van der Waals surface area contributed by atoms with Gasteiger partial charge in [0.2, 0.25) is 5.91 Å². The number of anilines is 1. The van der Waals surface area contributed by atoms with Gasteiger partial charge in [0.25, 0.3) is 5.69 Å². The van der Waals surface area contributed by atoms with Crippen LogP contribution in [0.15, 0.2) is 60.9 Å². The second-order valence-electron chi connectivity index (χ2n) is 7.84. The summed E-state index contributed by atoms with van der Waals surface area (Å²) in [5, 5.41) is 19.1. The summed E-state index contributed by atoms with van der Waals surface area (Å²) in [5.41, 5.74) is 2.17. The number of carbonyl (C=O) groups is 1. The summed E-state index contributed by atoms with van der Waals surface area (Å²) in [6, 6.07) is 12.0. The van der Waals surface area contributed by atoms with E-state index in [2.05, 4.69) is 20.3 Å². The SMILES string of the molecule is O=C(/C=C\c1ccc([N+](=O)[O-])cc1)N1CCN(c2ncnc3c2nnn3-c2cccc(F)c2)CC1. The molecule has 35 heavy (non-hydrogen) atoms. The van der Waals surface area contributed by atoms with Crippen molar-refractivity contribution in [1.29, 1.82) is 0 Å². The number of nitro benzene ring substituents is 1. The fourth-order valence-electron chi connectivity index (χ4n) is 3.87. The average molecular weight is 474 g/mol. The molecule has 1 amide bonds. The molecule has 1 fully saturated rings. The predicted octanol–water partition coefficient (Wildman–Crippen LogP) is 2.62. The van der Waals surface area contributed by atoms with E-state index in [1.165, 1.54) is 41.4 Å². The molecule has 2 aromatic carbocycles. The molecular formula is C23H19FN8O3. The van der Waals surface area contributed by atoms with E-state index in [9.17, 15) is 19.3 Å². The summed E-state index contributed by atoms with van der Waals surface area (Å²) in [7, 11) is 0. The van der Waals surface area contributed by atoms with Crippen LogP contribution in [0.2, 0.25) is 0 Å². The minimum Gasteiger partial charge on any atom is -0.351 e. The topological polar surface area (TPSA) is 123 Å². The summed E-state index contributed by atoms with van der Waals surface area (Å²) in [5.74, 6) is 0.0721. The molecule has 0 bridgehead atoms. The number of rotatable bonds is 5. The highest BCUT2D eigenvalue weighted by Gasteiger charge is 2.24. The van der Waals surface area contributed by atoms with Crippen molar-refractivity contribution in [3.63, 3.8) is 0 Å². The third kappa shape index (κ3) is 4.53. The molecule has 5 rings (SSSR count). The van der Waals surface area contributed by atoms with Gasteiger partial charge in [-0.2, -0.15) is 4.68 Å². The number of nitro groups is 1. The van der Waals surface area contributed by atoms with E-state index in [-0.39, 0.29) is 17.4 Å². The van der Waals surface area contributed by atoms with Crippen LogP contribution in [0.5, 0.6) is 0 Å². The number of aromatic nitrogens is 5. The van der Waals surface area contributed by atoms with Crippen LogP contribution in [0.4, 0.5) is 15.9 Å². The lowest BCUT2D eigenvalue weighted by Crippen LogP contribution is -2.48. The van der Waals surface area contributed by atoms with Crippen molar-refractivity contribution in [1.82, 2.24) is 29.9 Å². The van der Waals surface area contributed by atoms with Crippen LogP contribution in [-0.4, -0.2) is 66.9 Å². The third-order valence-corrected chi connectivity index (χ3v) is 5.68. The van der Waals surface area contributed by atoms with Gasteiger partial charge in [-0.1, -0.05) is 11.3 Å². The fourth-order valence-corrected chi connectivity index (χ4v) is 3.87. The van der Waals surface area contributed by atoms with E-state index in [1.807, 2.05) is 4.90 Å². The number of non-ortho nitro benzene ring substituents is 1. The third-order valence-electron chi connectivity index (χ3n) is 5.68. The molecule has 0 radical (unpaired) electrons. The molecule has 0 aliphatic carbocycles. The van der Waals surface area contributed by atoms with E-state index in [1.54, 1.807) is 35.2 Å². The van der Waals surface area contributed by atoms with E-state index >= 15 is 0 Å². The zero-order valence-electron chi connectivity index (χ0n) is 18.4. The average Bonchev–Trinajstić information content (AvgIpc) is 3.32. The van der Waals surface area contributed by atoms with Crippen LogP contribution in [0.25, 0.3) is 22.9 Å². The highest BCUT2D eigenvalue weighted by Crippen LogP contribution is 2.24. The maximum atomic E-state index is 13.7. The maximum Gasteiger partial charge on any atom is 0.269 e. The van der Waals surface area contributed by atoms with Gasteiger partial charge >= 0.3 is 0 Å². The van der Waals surface area contributed by atoms with Gasteiger partial charge in [-0.05, 0) is 42.0 Å². The number of hydrogen-bond donors (Lipinski definition) is 0. The summed E-state index contributed by atoms with van der Waals surface area (Å²) in [6.07, 6.45) is 4.52. The van der Waals surface area contributed by atoms with E-state index in [0.29, 0.717) is 54.4 Å². The number of amides is 1. The quantitative estimate of drug-likeness (QED) is 0.246. The number of piperazine rings is 1. The van der Waals surface area contributed by atoms with Crippen LogP contribution >= 0.6 is 0 Å². The standard InChI is InChI=1S/C23H19FN8O3/c24-17-2-1-3-19(14-17)31-23-21(27-28-31)22(25-15-26-23)30-12-10-29(11-13-30)20(33)9-6-16-4-7-18(8-5-16)32(34)35/h1-9,14-15H,10-13H2/b9-6-. The summed E-state index contributed by atoms with van der Waals surface area (Å²) in [6.45, 7) is 2.03. The fraction of sp³-hybridized carbons (Fsp3) is 0.174. The number of halogens is 1. The van der Waals surface area contributed by atoms with Gasteiger partial charge in [-0.25, -0.2) is 14.4 Å². The van der Waals surface area contributed by atoms with Crippen molar-refractivity contribution in [2.45, 2.75) is 0 Å². The highest BCUT2D eigenvalue weighted by atomic mass is 19.1.